The molecule has 21 heavy (non-hydrogen) atoms. The molecule has 112 valence electrons. The number of aromatic nitrogens is 2. The van der Waals surface area contributed by atoms with Crippen LogP contribution in [0.5, 0.6) is 0 Å². The molecule has 3 N–H and O–H groups in total. The van der Waals surface area contributed by atoms with Gasteiger partial charge in [0.15, 0.2) is 5.82 Å². The molecule has 1 heterocycles. The molecule has 0 aliphatic carbocycles. The Bertz CT molecular complexity index is 685. The number of hydrogen-bond acceptors (Lipinski definition) is 5. The maximum atomic E-state index is 11.9. The van der Waals surface area contributed by atoms with Crippen LogP contribution < -0.4 is 11.1 Å². The largest absolute Gasteiger partial charge is 0.465 e. The fourth-order valence-electron chi connectivity index (χ4n) is 1.84. The number of benzene rings is 1. The van der Waals surface area contributed by atoms with E-state index in [0.717, 1.165) is 0 Å². The van der Waals surface area contributed by atoms with E-state index >= 15 is 0 Å². The van der Waals surface area contributed by atoms with Crippen LogP contribution in [0.2, 0.25) is 10.0 Å². The van der Waals surface area contributed by atoms with Gasteiger partial charge in [0.05, 0.1) is 22.8 Å². The lowest BCUT2D eigenvalue weighted by molar-refractivity contribution is 0.0603. The number of nitrogen functional groups attached to an aromatic ring is 1. The number of nitrogens with one attached hydrogen (secondary N) is 1. The van der Waals surface area contributed by atoms with Gasteiger partial charge in [-0.1, -0.05) is 23.2 Å². The highest BCUT2D eigenvalue weighted by molar-refractivity contribution is 6.42. The quantitative estimate of drug-likeness (QED) is 0.843. The van der Waals surface area contributed by atoms with Crippen molar-refractivity contribution < 1.29 is 9.53 Å². The number of methoxy groups -OCH3 is 1. The van der Waals surface area contributed by atoms with Crippen molar-refractivity contribution in [2.75, 3.05) is 24.7 Å². The van der Waals surface area contributed by atoms with E-state index in [9.17, 15) is 4.79 Å². The molecule has 2 rings (SSSR count). The number of halogens is 2. The minimum absolute atomic E-state index is 0.163. The number of esters is 1. The van der Waals surface area contributed by atoms with E-state index in [-0.39, 0.29) is 11.4 Å². The van der Waals surface area contributed by atoms with Gasteiger partial charge in [0.25, 0.3) is 0 Å². The molecule has 1 aromatic heterocycles. The predicted molar refractivity (Wildman–Crippen MR) is 83.5 cm³/mol. The molecule has 0 atom stereocenters. The molecule has 0 aliphatic heterocycles. The smallest absolute Gasteiger partial charge is 0.345 e. The summed E-state index contributed by atoms with van der Waals surface area (Å²) in [6.45, 7) is 2.47. The third-order valence-electron chi connectivity index (χ3n) is 2.80. The molecule has 0 saturated carbocycles. The van der Waals surface area contributed by atoms with Crippen LogP contribution in [0.1, 0.15) is 17.3 Å². The first kappa shape index (κ1) is 15.5. The van der Waals surface area contributed by atoms with Crippen LogP contribution in [0.15, 0.2) is 18.2 Å². The second-order valence-corrected chi connectivity index (χ2v) is 4.96. The summed E-state index contributed by atoms with van der Waals surface area (Å²) in [6, 6.07) is 4.95. The van der Waals surface area contributed by atoms with E-state index in [4.69, 9.17) is 33.7 Å². The van der Waals surface area contributed by atoms with E-state index in [1.807, 2.05) is 6.92 Å². The number of ether oxygens (including phenoxy) is 1. The molecule has 0 aliphatic rings. The molecular formula is C13H14Cl2N4O2. The lowest BCUT2D eigenvalue weighted by Crippen LogP contribution is -2.09. The predicted octanol–water partition coefficient (Wildman–Crippen LogP) is 2.98. The normalized spacial score (nSPS) is 10.5. The molecule has 0 spiro atoms. The van der Waals surface area contributed by atoms with Crippen molar-refractivity contribution in [2.45, 2.75) is 6.92 Å². The highest BCUT2D eigenvalue weighted by Crippen LogP contribution is 2.29. The van der Waals surface area contributed by atoms with Crippen molar-refractivity contribution in [1.29, 1.82) is 0 Å². The maximum Gasteiger partial charge on any atom is 0.345 e. The third-order valence-corrected chi connectivity index (χ3v) is 3.54. The van der Waals surface area contributed by atoms with Crippen LogP contribution in [0.25, 0.3) is 5.69 Å². The van der Waals surface area contributed by atoms with Gasteiger partial charge in [-0.25, -0.2) is 9.48 Å². The van der Waals surface area contributed by atoms with E-state index in [1.54, 1.807) is 18.2 Å². The van der Waals surface area contributed by atoms with Crippen molar-refractivity contribution >= 4 is 40.8 Å². The Hall–Kier alpha value is -1.92. The molecule has 0 bridgehead atoms. The van der Waals surface area contributed by atoms with Crippen LogP contribution in [-0.4, -0.2) is 29.4 Å². The van der Waals surface area contributed by atoms with Crippen LogP contribution in [0, 0.1) is 0 Å². The van der Waals surface area contributed by atoms with Crippen LogP contribution in [-0.2, 0) is 4.74 Å². The Balaban J connectivity index is 2.58. The average molecular weight is 329 g/mol. The van der Waals surface area contributed by atoms with Gasteiger partial charge in [-0.3, -0.25) is 0 Å². The fraction of sp³-hybridized carbons (Fsp3) is 0.231. The standard InChI is InChI=1S/C13H14Cl2N4O2/c1-3-17-12-10(13(20)21-2)11(16)19(18-12)7-4-5-8(14)9(15)6-7/h4-6H,3,16H2,1-2H3,(H,17,18). The molecule has 0 unspecified atom stereocenters. The first-order valence-corrected chi connectivity index (χ1v) is 6.91. The zero-order chi connectivity index (χ0) is 15.6. The average Bonchev–Trinajstić information content (AvgIpc) is 2.78. The second-order valence-electron chi connectivity index (χ2n) is 4.14. The monoisotopic (exact) mass is 328 g/mol. The fourth-order valence-corrected chi connectivity index (χ4v) is 2.13. The van der Waals surface area contributed by atoms with Crippen molar-refractivity contribution in [2.24, 2.45) is 0 Å². The summed E-state index contributed by atoms with van der Waals surface area (Å²) < 4.78 is 6.15. The molecular weight excluding hydrogens is 315 g/mol. The SMILES string of the molecule is CCNc1nn(-c2ccc(Cl)c(Cl)c2)c(N)c1C(=O)OC. The first-order valence-electron chi connectivity index (χ1n) is 6.15. The van der Waals surface area contributed by atoms with Gasteiger partial charge in [0.1, 0.15) is 11.4 Å². The summed E-state index contributed by atoms with van der Waals surface area (Å²) >= 11 is 11.9. The third kappa shape index (κ3) is 2.91. The molecule has 6 nitrogen and oxygen atoms in total. The number of anilines is 2. The van der Waals surface area contributed by atoms with E-state index in [2.05, 4.69) is 10.4 Å². The molecule has 0 saturated heterocycles. The minimum atomic E-state index is -0.560. The van der Waals surface area contributed by atoms with E-state index in [0.29, 0.717) is 28.1 Å². The Labute approximate surface area is 131 Å². The van der Waals surface area contributed by atoms with E-state index < -0.39 is 5.97 Å². The molecule has 0 radical (unpaired) electrons. The van der Waals surface area contributed by atoms with Crippen LogP contribution >= 0.6 is 23.2 Å². The number of hydrogen-bond donors (Lipinski definition) is 2. The van der Waals surface area contributed by atoms with Gasteiger partial charge in [-0.05, 0) is 25.1 Å². The molecule has 2 aromatic rings. The number of nitrogens with zero attached hydrogens (tertiary/aromatic N) is 2. The van der Waals surface area contributed by atoms with Gasteiger partial charge in [0, 0.05) is 6.54 Å². The number of carbonyl (C=O) groups excluding carboxylic acids is 1. The zero-order valence-electron chi connectivity index (χ0n) is 11.5. The Morgan fingerprint density at radius 2 is 2.14 bits per heavy atom. The van der Waals surface area contributed by atoms with Gasteiger partial charge >= 0.3 is 5.97 Å². The maximum absolute atomic E-state index is 11.9. The topological polar surface area (TPSA) is 82.2 Å². The molecule has 0 amide bonds. The van der Waals surface area contributed by atoms with Gasteiger partial charge in [-0.2, -0.15) is 0 Å². The Morgan fingerprint density at radius 1 is 1.43 bits per heavy atom. The molecule has 1 aromatic carbocycles. The second kappa shape index (κ2) is 6.24. The van der Waals surface area contributed by atoms with Gasteiger partial charge in [-0.15, -0.1) is 5.10 Å². The highest BCUT2D eigenvalue weighted by Gasteiger charge is 2.23. The number of rotatable bonds is 4. The van der Waals surface area contributed by atoms with Gasteiger partial charge in [0.2, 0.25) is 0 Å². The summed E-state index contributed by atoms with van der Waals surface area (Å²) in [5, 5.41) is 8.06. The molecule has 8 heteroatoms. The summed E-state index contributed by atoms with van der Waals surface area (Å²) in [5.41, 5.74) is 6.79. The van der Waals surface area contributed by atoms with Crippen molar-refractivity contribution in [3.05, 3.63) is 33.8 Å². The van der Waals surface area contributed by atoms with Crippen LogP contribution in [0.3, 0.4) is 0 Å². The number of nitrogens with two attached hydrogens (primary N) is 1. The van der Waals surface area contributed by atoms with Crippen molar-refractivity contribution in [3.63, 3.8) is 0 Å². The van der Waals surface area contributed by atoms with E-state index in [1.165, 1.54) is 11.8 Å². The van der Waals surface area contributed by atoms with Crippen molar-refractivity contribution in [1.82, 2.24) is 9.78 Å². The van der Waals surface area contributed by atoms with Crippen LogP contribution in [0.4, 0.5) is 11.6 Å². The Kier molecular flexibility index (Phi) is 4.59. The summed E-state index contributed by atoms with van der Waals surface area (Å²) in [6.07, 6.45) is 0. The number of carbonyl (C=O) groups is 1. The summed E-state index contributed by atoms with van der Waals surface area (Å²) in [7, 11) is 1.29. The van der Waals surface area contributed by atoms with Crippen molar-refractivity contribution in [3.8, 4) is 5.69 Å². The zero-order valence-corrected chi connectivity index (χ0v) is 13.0. The lowest BCUT2D eigenvalue weighted by Gasteiger charge is -2.05. The van der Waals surface area contributed by atoms with Gasteiger partial charge < -0.3 is 15.8 Å². The summed E-state index contributed by atoms with van der Waals surface area (Å²) in [4.78, 5) is 11.9. The first-order chi connectivity index (χ1) is 9.99. The lowest BCUT2D eigenvalue weighted by atomic mass is 10.3. The molecule has 0 fully saturated rings. The Morgan fingerprint density at radius 3 is 2.71 bits per heavy atom. The highest BCUT2D eigenvalue weighted by atomic mass is 35.5. The minimum Gasteiger partial charge on any atom is -0.465 e. The summed E-state index contributed by atoms with van der Waals surface area (Å²) in [5.74, 6) is -0.0427.